The second-order valence-electron chi connectivity index (χ2n) is 6.76. The van der Waals surface area contributed by atoms with E-state index in [4.69, 9.17) is 16.3 Å². The summed E-state index contributed by atoms with van der Waals surface area (Å²) in [6.45, 7) is 2.52. The van der Waals surface area contributed by atoms with Crippen molar-refractivity contribution in [1.82, 2.24) is 4.72 Å². The van der Waals surface area contributed by atoms with E-state index in [0.717, 1.165) is 6.07 Å². The van der Waals surface area contributed by atoms with Crippen molar-refractivity contribution in [1.29, 1.82) is 0 Å². The lowest BCUT2D eigenvalue weighted by Crippen LogP contribution is -2.45. The molecule has 0 radical (unpaired) electrons. The third-order valence-electron chi connectivity index (χ3n) is 4.01. The van der Waals surface area contributed by atoms with Gasteiger partial charge in [-0.25, -0.2) is 8.42 Å². The van der Waals surface area contributed by atoms with Crippen molar-refractivity contribution in [2.45, 2.75) is 24.8 Å². The number of carbonyl (C=O) groups is 2. The Bertz CT molecular complexity index is 1070. The molecule has 0 fully saturated rings. The van der Waals surface area contributed by atoms with Crippen LogP contribution in [0.2, 0.25) is 5.02 Å². The Balaban J connectivity index is 2.00. The third-order valence-corrected chi connectivity index (χ3v) is 5.72. The third kappa shape index (κ3) is 7.02. The molecule has 12 heteroatoms. The maximum Gasteiger partial charge on any atom is 0.324 e. The highest BCUT2D eigenvalue weighted by Crippen LogP contribution is 2.18. The quantitative estimate of drug-likeness (QED) is 0.326. The van der Waals surface area contributed by atoms with Crippen molar-refractivity contribution in [2.24, 2.45) is 5.92 Å². The SMILES string of the molecule is CC(C)C(NS(=O)(=O)c1ccc(Cl)cc1)C(=O)OCC(=O)Nc1cccc([N+](=O)[O-])c1. The number of nitro benzene ring substituents is 1. The molecule has 166 valence electrons. The van der Waals surface area contributed by atoms with Crippen LogP contribution in [0.15, 0.2) is 53.4 Å². The lowest BCUT2D eigenvalue weighted by atomic mass is 10.1. The van der Waals surface area contributed by atoms with Crippen molar-refractivity contribution >= 4 is 44.9 Å². The number of sulfonamides is 1. The minimum atomic E-state index is -4.04. The van der Waals surface area contributed by atoms with E-state index in [9.17, 15) is 28.1 Å². The molecule has 0 saturated carbocycles. The fourth-order valence-corrected chi connectivity index (χ4v) is 3.89. The Hall–Kier alpha value is -3.02. The fourth-order valence-electron chi connectivity index (χ4n) is 2.43. The Morgan fingerprint density at radius 1 is 1.16 bits per heavy atom. The van der Waals surface area contributed by atoms with Crippen LogP contribution in [0.1, 0.15) is 13.8 Å². The number of hydrogen-bond donors (Lipinski definition) is 2. The first-order valence-corrected chi connectivity index (χ1v) is 10.8. The van der Waals surface area contributed by atoms with Crippen LogP contribution in [-0.4, -0.2) is 37.9 Å². The van der Waals surface area contributed by atoms with Gasteiger partial charge in [-0.3, -0.25) is 19.7 Å². The van der Waals surface area contributed by atoms with Crippen LogP contribution in [-0.2, 0) is 24.3 Å². The predicted octanol–water partition coefficient (Wildman–Crippen LogP) is 2.73. The topological polar surface area (TPSA) is 145 Å². The van der Waals surface area contributed by atoms with E-state index in [1.165, 1.54) is 42.5 Å². The van der Waals surface area contributed by atoms with E-state index in [1.54, 1.807) is 13.8 Å². The van der Waals surface area contributed by atoms with Gasteiger partial charge in [0, 0.05) is 22.8 Å². The number of benzene rings is 2. The summed E-state index contributed by atoms with van der Waals surface area (Å²) < 4.78 is 32.3. The Morgan fingerprint density at radius 3 is 2.39 bits per heavy atom. The molecule has 0 aliphatic carbocycles. The number of halogens is 1. The molecule has 0 bridgehead atoms. The van der Waals surface area contributed by atoms with Gasteiger partial charge in [-0.2, -0.15) is 4.72 Å². The molecular formula is C19H20ClN3O7S. The lowest BCUT2D eigenvalue weighted by Gasteiger charge is -2.20. The molecule has 1 amide bonds. The molecule has 0 heterocycles. The standard InChI is InChI=1S/C19H20ClN3O7S/c1-12(2)18(22-31(28,29)16-8-6-13(20)7-9-16)19(25)30-11-17(24)21-14-4-3-5-15(10-14)23(26)27/h3-10,12,18,22H,11H2,1-2H3,(H,21,24). The summed E-state index contributed by atoms with van der Waals surface area (Å²) >= 11 is 5.76. The van der Waals surface area contributed by atoms with E-state index in [0.29, 0.717) is 5.02 Å². The summed E-state index contributed by atoms with van der Waals surface area (Å²) in [6, 6.07) is 9.37. The van der Waals surface area contributed by atoms with Gasteiger partial charge >= 0.3 is 5.97 Å². The fraction of sp³-hybridized carbons (Fsp3) is 0.263. The minimum absolute atomic E-state index is 0.0845. The molecule has 0 aliphatic heterocycles. The predicted molar refractivity (Wildman–Crippen MR) is 113 cm³/mol. The molecule has 0 saturated heterocycles. The molecule has 10 nitrogen and oxygen atoms in total. The molecule has 2 N–H and O–H groups in total. The summed E-state index contributed by atoms with van der Waals surface area (Å²) in [5.41, 5.74) is -0.0645. The van der Waals surface area contributed by atoms with Crippen LogP contribution < -0.4 is 10.0 Å². The number of hydrogen-bond acceptors (Lipinski definition) is 7. The van der Waals surface area contributed by atoms with Crippen molar-refractivity contribution in [2.75, 3.05) is 11.9 Å². The van der Waals surface area contributed by atoms with Gasteiger partial charge in [0.05, 0.1) is 9.82 Å². The molecule has 0 aromatic heterocycles. The molecule has 2 aromatic rings. The summed E-state index contributed by atoms with van der Waals surface area (Å²) in [4.78, 5) is 34.5. The normalized spacial score (nSPS) is 12.3. The maximum atomic E-state index is 12.5. The van der Waals surface area contributed by atoms with Crippen LogP contribution in [0.3, 0.4) is 0 Å². The highest BCUT2D eigenvalue weighted by Gasteiger charge is 2.30. The number of nitrogens with zero attached hydrogens (tertiary/aromatic N) is 1. The Labute approximate surface area is 183 Å². The van der Waals surface area contributed by atoms with E-state index in [1.807, 2.05) is 0 Å². The number of nitro groups is 1. The molecule has 2 rings (SSSR count). The number of esters is 1. The summed E-state index contributed by atoms with van der Waals surface area (Å²) in [5.74, 6) is -2.16. The largest absolute Gasteiger partial charge is 0.454 e. The highest BCUT2D eigenvalue weighted by atomic mass is 35.5. The average molecular weight is 470 g/mol. The zero-order valence-electron chi connectivity index (χ0n) is 16.6. The number of rotatable bonds is 9. The zero-order valence-corrected chi connectivity index (χ0v) is 18.1. The van der Waals surface area contributed by atoms with Crippen LogP contribution in [0.25, 0.3) is 0 Å². The first kappa shape index (κ1) is 24.3. The van der Waals surface area contributed by atoms with Crippen LogP contribution >= 0.6 is 11.6 Å². The average Bonchev–Trinajstić information content (AvgIpc) is 2.70. The van der Waals surface area contributed by atoms with Gasteiger partial charge < -0.3 is 10.1 Å². The number of amides is 1. The Morgan fingerprint density at radius 2 is 1.81 bits per heavy atom. The zero-order chi connectivity index (χ0) is 23.2. The number of nitrogens with one attached hydrogen (secondary N) is 2. The molecular weight excluding hydrogens is 450 g/mol. The van der Waals surface area contributed by atoms with E-state index < -0.39 is 45.4 Å². The molecule has 31 heavy (non-hydrogen) atoms. The first-order chi connectivity index (χ1) is 14.5. The number of anilines is 1. The first-order valence-electron chi connectivity index (χ1n) is 8.98. The number of carbonyl (C=O) groups excluding carboxylic acids is 2. The second kappa shape index (κ2) is 10.3. The molecule has 0 spiro atoms. The molecule has 1 atom stereocenters. The van der Waals surface area contributed by atoms with E-state index >= 15 is 0 Å². The van der Waals surface area contributed by atoms with Crippen molar-refractivity contribution in [3.8, 4) is 0 Å². The minimum Gasteiger partial charge on any atom is -0.454 e. The van der Waals surface area contributed by atoms with Gasteiger partial charge in [-0.15, -0.1) is 0 Å². The van der Waals surface area contributed by atoms with Gasteiger partial charge in [0.2, 0.25) is 10.0 Å². The van der Waals surface area contributed by atoms with E-state index in [2.05, 4.69) is 10.0 Å². The van der Waals surface area contributed by atoms with Gasteiger partial charge in [0.1, 0.15) is 6.04 Å². The van der Waals surface area contributed by atoms with Crippen LogP contribution in [0.5, 0.6) is 0 Å². The van der Waals surface area contributed by atoms with Crippen molar-refractivity contribution in [3.63, 3.8) is 0 Å². The summed E-state index contributed by atoms with van der Waals surface area (Å²) in [7, 11) is -4.04. The van der Waals surface area contributed by atoms with Crippen LogP contribution in [0.4, 0.5) is 11.4 Å². The smallest absolute Gasteiger partial charge is 0.324 e. The van der Waals surface area contributed by atoms with Crippen LogP contribution in [0, 0.1) is 16.0 Å². The second-order valence-corrected chi connectivity index (χ2v) is 8.91. The van der Waals surface area contributed by atoms with Gasteiger partial charge in [0.15, 0.2) is 6.61 Å². The number of ether oxygens (including phenoxy) is 1. The van der Waals surface area contributed by atoms with Crippen molar-refractivity contribution < 1.29 is 27.7 Å². The van der Waals surface area contributed by atoms with Gasteiger partial charge in [-0.05, 0) is 36.2 Å². The van der Waals surface area contributed by atoms with Gasteiger partial charge in [-0.1, -0.05) is 31.5 Å². The lowest BCUT2D eigenvalue weighted by molar-refractivity contribution is -0.384. The number of non-ortho nitro benzene ring substituents is 1. The maximum absolute atomic E-state index is 12.5. The summed E-state index contributed by atoms with van der Waals surface area (Å²) in [5, 5.41) is 13.5. The Kier molecular flexibility index (Phi) is 8.08. The van der Waals surface area contributed by atoms with Gasteiger partial charge in [0.25, 0.3) is 11.6 Å². The highest BCUT2D eigenvalue weighted by molar-refractivity contribution is 7.89. The van der Waals surface area contributed by atoms with E-state index in [-0.39, 0.29) is 16.3 Å². The molecule has 2 aromatic carbocycles. The molecule has 1 unspecified atom stereocenters. The van der Waals surface area contributed by atoms with Crippen molar-refractivity contribution in [3.05, 3.63) is 63.7 Å². The molecule has 0 aliphatic rings. The monoisotopic (exact) mass is 469 g/mol. The summed E-state index contributed by atoms with van der Waals surface area (Å²) in [6.07, 6.45) is 0.